The second kappa shape index (κ2) is 9.11. The van der Waals surface area contributed by atoms with Gasteiger partial charge in [-0.1, -0.05) is 13.0 Å². The highest BCUT2D eigenvalue weighted by molar-refractivity contribution is 5.64. The molecule has 0 atom stereocenters. The second-order valence-electron chi connectivity index (χ2n) is 6.49. The first-order chi connectivity index (χ1) is 11.1. The van der Waals surface area contributed by atoms with Gasteiger partial charge in [0.05, 0.1) is 6.61 Å². The van der Waals surface area contributed by atoms with Gasteiger partial charge in [-0.2, -0.15) is 0 Å². The van der Waals surface area contributed by atoms with Crippen LogP contribution in [0, 0.1) is 0 Å². The third-order valence-corrected chi connectivity index (χ3v) is 4.61. The Morgan fingerprint density at radius 2 is 2.00 bits per heavy atom. The minimum absolute atomic E-state index is 0.232. The molecule has 5 heteroatoms. The number of nitrogens with two attached hydrogens (primary N) is 1. The standard InChI is InChI=1S/C18H32N4O/c1-3-7-21(10-9-20(2)13-14-23)11-12-22-8-6-16-4-5-17(19)15-18(16)22/h4-5,15,23H,3,6-14,19H2,1-2H3. The minimum Gasteiger partial charge on any atom is -0.399 e. The molecule has 0 saturated heterocycles. The highest BCUT2D eigenvalue weighted by Gasteiger charge is 2.19. The van der Waals surface area contributed by atoms with Gasteiger partial charge in [-0.3, -0.25) is 0 Å². The lowest BCUT2D eigenvalue weighted by Gasteiger charge is -2.28. The molecule has 1 aliphatic heterocycles. The summed E-state index contributed by atoms with van der Waals surface area (Å²) in [5.74, 6) is 0. The summed E-state index contributed by atoms with van der Waals surface area (Å²) in [5, 5.41) is 9.00. The zero-order valence-electron chi connectivity index (χ0n) is 14.7. The Bertz CT molecular complexity index is 480. The number of rotatable bonds is 10. The van der Waals surface area contributed by atoms with Crippen molar-refractivity contribution in [2.24, 2.45) is 0 Å². The molecular weight excluding hydrogens is 288 g/mol. The van der Waals surface area contributed by atoms with E-state index in [0.717, 1.165) is 57.9 Å². The van der Waals surface area contributed by atoms with Crippen LogP contribution in [0.1, 0.15) is 18.9 Å². The van der Waals surface area contributed by atoms with Crippen LogP contribution in [0.3, 0.4) is 0 Å². The fraction of sp³-hybridized carbons (Fsp3) is 0.667. The molecule has 0 amide bonds. The van der Waals surface area contributed by atoms with Crippen LogP contribution in [-0.4, -0.2) is 74.4 Å². The molecule has 5 nitrogen and oxygen atoms in total. The number of benzene rings is 1. The first-order valence-electron chi connectivity index (χ1n) is 8.79. The van der Waals surface area contributed by atoms with E-state index < -0.39 is 0 Å². The van der Waals surface area contributed by atoms with E-state index >= 15 is 0 Å². The monoisotopic (exact) mass is 320 g/mol. The Morgan fingerprint density at radius 1 is 1.17 bits per heavy atom. The largest absolute Gasteiger partial charge is 0.399 e. The van der Waals surface area contributed by atoms with E-state index in [9.17, 15) is 0 Å². The third kappa shape index (κ3) is 5.37. The van der Waals surface area contributed by atoms with Gasteiger partial charge in [0, 0.05) is 50.6 Å². The molecule has 0 radical (unpaired) electrons. The zero-order valence-corrected chi connectivity index (χ0v) is 14.7. The molecule has 2 rings (SSSR count). The summed E-state index contributed by atoms with van der Waals surface area (Å²) < 4.78 is 0. The molecule has 0 unspecified atom stereocenters. The molecule has 1 aromatic carbocycles. The topological polar surface area (TPSA) is 56.0 Å². The number of hydrogen-bond donors (Lipinski definition) is 2. The molecule has 0 bridgehead atoms. The lowest BCUT2D eigenvalue weighted by atomic mass is 10.1. The van der Waals surface area contributed by atoms with Crippen molar-refractivity contribution >= 4 is 11.4 Å². The van der Waals surface area contributed by atoms with E-state index in [1.54, 1.807) is 0 Å². The SMILES string of the molecule is CCCN(CCN(C)CCO)CCN1CCc2ccc(N)cc21. The Balaban J connectivity index is 1.84. The van der Waals surface area contributed by atoms with Crippen LogP contribution in [-0.2, 0) is 6.42 Å². The van der Waals surface area contributed by atoms with Gasteiger partial charge in [-0.25, -0.2) is 0 Å². The smallest absolute Gasteiger partial charge is 0.0558 e. The van der Waals surface area contributed by atoms with Crippen LogP contribution in [0.2, 0.25) is 0 Å². The van der Waals surface area contributed by atoms with Crippen LogP contribution < -0.4 is 10.6 Å². The fourth-order valence-corrected chi connectivity index (χ4v) is 3.20. The summed E-state index contributed by atoms with van der Waals surface area (Å²) in [7, 11) is 2.07. The quantitative estimate of drug-likeness (QED) is 0.636. The molecule has 0 fully saturated rings. The number of nitrogen functional groups attached to an aromatic ring is 1. The maximum absolute atomic E-state index is 9.00. The van der Waals surface area contributed by atoms with Crippen molar-refractivity contribution in [1.29, 1.82) is 0 Å². The Labute approximate surface area is 140 Å². The average Bonchev–Trinajstić information content (AvgIpc) is 2.92. The van der Waals surface area contributed by atoms with E-state index in [2.05, 4.69) is 40.8 Å². The molecule has 0 saturated carbocycles. The van der Waals surface area contributed by atoms with Crippen LogP contribution >= 0.6 is 0 Å². The Morgan fingerprint density at radius 3 is 2.74 bits per heavy atom. The number of likely N-dealkylation sites (N-methyl/N-ethyl adjacent to an activating group) is 1. The van der Waals surface area contributed by atoms with Gasteiger partial charge in [0.1, 0.15) is 0 Å². The molecule has 3 N–H and O–H groups in total. The van der Waals surface area contributed by atoms with E-state index in [1.165, 1.54) is 17.7 Å². The fourth-order valence-electron chi connectivity index (χ4n) is 3.20. The van der Waals surface area contributed by atoms with Crippen molar-refractivity contribution in [3.8, 4) is 0 Å². The number of aliphatic hydroxyl groups is 1. The first kappa shape index (κ1) is 18.0. The summed E-state index contributed by atoms with van der Waals surface area (Å²) in [6.45, 7) is 9.64. The Kier molecular flexibility index (Phi) is 7.15. The highest BCUT2D eigenvalue weighted by Crippen LogP contribution is 2.29. The Hall–Kier alpha value is -1.30. The van der Waals surface area contributed by atoms with Crippen molar-refractivity contribution in [1.82, 2.24) is 9.80 Å². The summed E-state index contributed by atoms with van der Waals surface area (Å²) in [4.78, 5) is 7.18. The molecule has 0 spiro atoms. The number of nitrogens with zero attached hydrogens (tertiary/aromatic N) is 3. The molecule has 0 aromatic heterocycles. The van der Waals surface area contributed by atoms with Crippen molar-refractivity contribution < 1.29 is 5.11 Å². The predicted octanol–water partition coefficient (Wildman–Crippen LogP) is 1.27. The normalized spacial score (nSPS) is 14.0. The summed E-state index contributed by atoms with van der Waals surface area (Å²) in [6.07, 6.45) is 2.30. The van der Waals surface area contributed by atoms with Gasteiger partial charge in [0.15, 0.2) is 0 Å². The van der Waals surface area contributed by atoms with Crippen LogP contribution in [0.4, 0.5) is 11.4 Å². The second-order valence-corrected chi connectivity index (χ2v) is 6.49. The molecule has 0 aliphatic carbocycles. The summed E-state index contributed by atoms with van der Waals surface area (Å²) in [6, 6.07) is 6.28. The van der Waals surface area contributed by atoms with E-state index in [0.29, 0.717) is 0 Å². The first-order valence-corrected chi connectivity index (χ1v) is 8.79. The molecule has 1 heterocycles. The molecule has 1 aliphatic rings. The van der Waals surface area contributed by atoms with Crippen molar-refractivity contribution in [3.05, 3.63) is 23.8 Å². The maximum Gasteiger partial charge on any atom is 0.0558 e. The lowest BCUT2D eigenvalue weighted by molar-refractivity contribution is 0.191. The predicted molar refractivity (Wildman–Crippen MR) is 98.1 cm³/mol. The molecule has 1 aromatic rings. The number of fused-ring (bicyclic) bond motifs is 1. The van der Waals surface area contributed by atoms with Crippen LogP contribution in [0.15, 0.2) is 18.2 Å². The lowest BCUT2D eigenvalue weighted by Crippen LogP contribution is -2.39. The number of aliphatic hydroxyl groups excluding tert-OH is 1. The van der Waals surface area contributed by atoms with Gasteiger partial charge >= 0.3 is 0 Å². The van der Waals surface area contributed by atoms with Gasteiger partial charge in [-0.15, -0.1) is 0 Å². The number of hydrogen-bond acceptors (Lipinski definition) is 5. The van der Waals surface area contributed by atoms with Crippen molar-refractivity contribution in [3.63, 3.8) is 0 Å². The average molecular weight is 320 g/mol. The van der Waals surface area contributed by atoms with Crippen LogP contribution in [0.5, 0.6) is 0 Å². The summed E-state index contributed by atoms with van der Waals surface area (Å²) >= 11 is 0. The van der Waals surface area contributed by atoms with E-state index in [1.807, 2.05) is 6.07 Å². The maximum atomic E-state index is 9.00. The summed E-state index contributed by atoms with van der Waals surface area (Å²) in [5.41, 5.74) is 9.54. The van der Waals surface area contributed by atoms with Gasteiger partial charge in [0.25, 0.3) is 0 Å². The molecule has 130 valence electrons. The van der Waals surface area contributed by atoms with E-state index in [4.69, 9.17) is 10.8 Å². The van der Waals surface area contributed by atoms with Crippen molar-refractivity contribution in [2.75, 3.05) is 70.1 Å². The highest BCUT2D eigenvalue weighted by atomic mass is 16.3. The van der Waals surface area contributed by atoms with E-state index in [-0.39, 0.29) is 6.61 Å². The molecular formula is C18H32N4O. The van der Waals surface area contributed by atoms with Gasteiger partial charge in [-0.05, 0) is 44.1 Å². The van der Waals surface area contributed by atoms with Gasteiger partial charge < -0.3 is 25.5 Å². The molecule has 23 heavy (non-hydrogen) atoms. The third-order valence-electron chi connectivity index (χ3n) is 4.61. The van der Waals surface area contributed by atoms with Gasteiger partial charge in [0.2, 0.25) is 0 Å². The number of anilines is 2. The zero-order chi connectivity index (χ0) is 16.7. The van der Waals surface area contributed by atoms with Crippen molar-refractivity contribution in [2.45, 2.75) is 19.8 Å². The van der Waals surface area contributed by atoms with Crippen LogP contribution in [0.25, 0.3) is 0 Å². The minimum atomic E-state index is 0.232.